The molecule has 1 heterocycles. The van der Waals surface area contributed by atoms with Gasteiger partial charge < -0.3 is 13.4 Å². The zero-order chi connectivity index (χ0) is 23.7. The van der Waals surface area contributed by atoms with Crippen LogP contribution < -0.4 is 0 Å². The Morgan fingerprint density at radius 1 is 0.839 bits per heavy atom. The first-order chi connectivity index (χ1) is 14.1. The van der Waals surface area contributed by atoms with Gasteiger partial charge in [-0.3, -0.25) is 0 Å². The maximum atomic E-state index is 6.59. The van der Waals surface area contributed by atoms with Crippen molar-refractivity contribution in [3.8, 4) is 0 Å². The van der Waals surface area contributed by atoms with Gasteiger partial charge in [-0.1, -0.05) is 71.5 Å². The summed E-state index contributed by atoms with van der Waals surface area (Å²) in [6.07, 6.45) is 0. The molecule has 7 heteroatoms. The van der Waals surface area contributed by atoms with E-state index in [4.69, 9.17) is 13.8 Å². The molecule has 1 aromatic carbocycles. The molecule has 0 aliphatic rings. The van der Waals surface area contributed by atoms with Gasteiger partial charge in [-0.25, -0.2) is 4.98 Å². The third-order valence-corrected chi connectivity index (χ3v) is 17.0. The quantitative estimate of drug-likeness (QED) is 0.366. The van der Waals surface area contributed by atoms with Gasteiger partial charge in [0.2, 0.25) is 0 Å². The van der Waals surface area contributed by atoms with Crippen LogP contribution in [0.3, 0.4) is 0 Å². The summed E-state index contributed by atoms with van der Waals surface area (Å²) >= 11 is 1.69. The Kier molecular flexibility index (Phi) is 8.13. The van der Waals surface area contributed by atoms with Crippen molar-refractivity contribution < 1.29 is 8.85 Å². The first-order valence-electron chi connectivity index (χ1n) is 11.1. The molecule has 0 aliphatic heterocycles. The summed E-state index contributed by atoms with van der Waals surface area (Å²) in [5.41, 5.74) is 2.13. The van der Waals surface area contributed by atoms with Crippen LogP contribution in [0.1, 0.15) is 52.9 Å². The smallest absolute Gasteiger partial charge is 0.192 e. The van der Waals surface area contributed by atoms with E-state index in [9.17, 15) is 0 Å². The lowest BCUT2D eigenvalue weighted by Gasteiger charge is -2.37. The third kappa shape index (κ3) is 6.57. The highest BCUT2D eigenvalue weighted by molar-refractivity contribution is 7.99. The monoisotopic (exact) mass is 478 g/mol. The Labute approximate surface area is 196 Å². The number of nitrogens with zero attached hydrogens (tertiary/aromatic N) is 2. The van der Waals surface area contributed by atoms with Crippen LogP contribution >= 0.6 is 11.8 Å². The Morgan fingerprint density at radius 2 is 1.32 bits per heavy atom. The van der Waals surface area contributed by atoms with E-state index in [1.807, 2.05) is 6.07 Å². The molecule has 2 rings (SSSR count). The molecule has 0 aliphatic carbocycles. The van der Waals surface area contributed by atoms with E-state index in [0.717, 1.165) is 16.5 Å². The van der Waals surface area contributed by atoms with Crippen molar-refractivity contribution in [3.05, 3.63) is 41.7 Å². The van der Waals surface area contributed by atoms with Gasteiger partial charge in [0.25, 0.3) is 0 Å². The molecule has 0 N–H and O–H groups in total. The van der Waals surface area contributed by atoms with Gasteiger partial charge in [0.05, 0.1) is 24.6 Å². The summed E-state index contributed by atoms with van der Waals surface area (Å²) in [5, 5.41) is 1.32. The number of benzene rings is 1. The molecule has 31 heavy (non-hydrogen) atoms. The van der Waals surface area contributed by atoms with Crippen molar-refractivity contribution in [3.63, 3.8) is 0 Å². The molecule has 2 aromatic rings. The van der Waals surface area contributed by atoms with Crippen molar-refractivity contribution in [1.29, 1.82) is 0 Å². The number of rotatable bonds is 8. The lowest BCUT2D eigenvalue weighted by atomic mass is 10.2. The van der Waals surface area contributed by atoms with Crippen LogP contribution in [-0.4, -0.2) is 26.2 Å². The van der Waals surface area contributed by atoms with Gasteiger partial charge >= 0.3 is 0 Å². The van der Waals surface area contributed by atoms with Crippen LogP contribution in [0.4, 0.5) is 0 Å². The molecule has 0 bridgehead atoms. The summed E-state index contributed by atoms with van der Waals surface area (Å²) in [7, 11) is -1.64. The van der Waals surface area contributed by atoms with Crippen LogP contribution in [0.15, 0.2) is 40.4 Å². The molecule has 0 spiro atoms. The Morgan fingerprint density at radius 3 is 1.81 bits per heavy atom. The van der Waals surface area contributed by atoms with E-state index < -0.39 is 16.6 Å². The van der Waals surface area contributed by atoms with Crippen molar-refractivity contribution in [1.82, 2.24) is 9.55 Å². The lowest BCUT2D eigenvalue weighted by Crippen LogP contribution is -2.41. The van der Waals surface area contributed by atoms with Crippen LogP contribution in [0.2, 0.25) is 36.3 Å². The van der Waals surface area contributed by atoms with Gasteiger partial charge in [0, 0.05) is 11.9 Å². The van der Waals surface area contributed by atoms with Gasteiger partial charge in [-0.05, 0) is 48.4 Å². The summed E-state index contributed by atoms with van der Waals surface area (Å²) < 4.78 is 15.3. The molecule has 0 saturated carbocycles. The highest BCUT2D eigenvalue weighted by Crippen LogP contribution is 2.39. The SMILES string of the molecule is Cn1c(Sc2ccccc2)nc(CO[Si](C)(C)C(C)(C)C)c1CO[Si](C)(C)C(C)(C)C. The van der Waals surface area contributed by atoms with Crippen LogP contribution in [0.5, 0.6) is 0 Å². The summed E-state index contributed by atoms with van der Waals surface area (Å²) in [4.78, 5) is 6.20. The van der Waals surface area contributed by atoms with E-state index in [-0.39, 0.29) is 10.1 Å². The lowest BCUT2D eigenvalue weighted by molar-refractivity contribution is 0.250. The fraction of sp³-hybridized carbons (Fsp3) is 0.625. The normalized spacial score (nSPS) is 13.6. The zero-order valence-electron chi connectivity index (χ0n) is 21.4. The first kappa shape index (κ1) is 26.4. The molecule has 0 fully saturated rings. The number of hydrogen-bond donors (Lipinski definition) is 0. The summed E-state index contributed by atoms with van der Waals surface area (Å²) in [5.74, 6) is 0. The predicted octanol–water partition coefficient (Wildman–Crippen LogP) is 7.61. The van der Waals surface area contributed by atoms with E-state index in [2.05, 4.69) is 104 Å². The second-order valence-electron chi connectivity index (χ2n) is 11.4. The Hall–Kier alpha value is -0.866. The second-order valence-corrected chi connectivity index (χ2v) is 22.0. The summed E-state index contributed by atoms with van der Waals surface area (Å²) in [6.45, 7) is 24.0. The highest BCUT2D eigenvalue weighted by Gasteiger charge is 2.39. The van der Waals surface area contributed by atoms with Gasteiger partial charge in [0.15, 0.2) is 21.8 Å². The minimum atomic E-state index is -1.87. The molecule has 1 aromatic heterocycles. The minimum absolute atomic E-state index is 0.168. The highest BCUT2D eigenvalue weighted by atomic mass is 32.2. The predicted molar refractivity (Wildman–Crippen MR) is 138 cm³/mol. The van der Waals surface area contributed by atoms with Crippen molar-refractivity contribution in [2.24, 2.45) is 7.05 Å². The molecule has 0 saturated heterocycles. The van der Waals surface area contributed by atoms with E-state index in [1.165, 1.54) is 4.90 Å². The van der Waals surface area contributed by atoms with Crippen molar-refractivity contribution >= 4 is 28.4 Å². The van der Waals surface area contributed by atoms with Crippen molar-refractivity contribution in [2.75, 3.05) is 0 Å². The van der Waals surface area contributed by atoms with Gasteiger partial charge in [-0.2, -0.15) is 0 Å². The second kappa shape index (κ2) is 9.55. The maximum absolute atomic E-state index is 6.59. The number of hydrogen-bond acceptors (Lipinski definition) is 4. The molecular weight excluding hydrogens is 437 g/mol. The van der Waals surface area contributed by atoms with E-state index in [0.29, 0.717) is 13.2 Å². The number of aromatic nitrogens is 2. The van der Waals surface area contributed by atoms with Gasteiger partial charge in [-0.15, -0.1) is 0 Å². The third-order valence-electron chi connectivity index (χ3n) is 6.96. The minimum Gasteiger partial charge on any atom is -0.411 e. The maximum Gasteiger partial charge on any atom is 0.192 e. The summed E-state index contributed by atoms with van der Waals surface area (Å²) in [6, 6.07) is 10.4. The first-order valence-corrected chi connectivity index (χ1v) is 17.7. The van der Waals surface area contributed by atoms with E-state index >= 15 is 0 Å². The van der Waals surface area contributed by atoms with Crippen LogP contribution in [-0.2, 0) is 29.1 Å². The average molecular weight is 479 g/mol. The fourth-order valence-electron chi connectivity index (χ4n) is 2.48. The molecule has 0 unspecified atom stereocenters. The molecule has 0 atom stereocenters. The van der Waals surface area contributed by atoms with Gasteiger partial charge in [0.1, 0.15) is 0 Å². The molecular formula is C24H42N2O2SSi2. The largest absolute Gasteiger partial charge is 0.411 e. The van der Waals surface area contributed by atoms with Crippen molar-refractivity contribution in [2.45, 2.75) is 101 Å². The van der Waals surface area contributed by atoms with Crippen LogP contribution in [0.25, 0.3) is 0 Å². The molecule has 4 nitrogen and oxygen atoms in total. The van der Waals surface area contributed by atoms with E-state index in [1.54, 1.807) is 11.8 Å². The topological polar surface area (TPSA) is 36.3 Å². The Bertz CT molecular complexity index is 866. The number of imidazole rings is 1. The molecule has 174 valence electrons. The molecule has 0 radical (unpaired) electrons. The van der Waals surface area contributed by atoms with Crippen LogP contribution in [0, 0.1) is 0 Å². The zero-order valence-corrected chi connectivity index (χ0v) is 24.2. The molecule has 0 amide bonds. The average Bonchev–Trinajstić information content (AvgIpc) is 2.92. The Balaban J connectivity index is 2.33. The standard InChI is InChI=1S/C24H42N2O2SSi2/c1-23(2,3)30(8,9)27-17-20-21(18-28-31(10,11)24(4,5)6)26(7)22(25-20)29-19-15-13-12-14-16-19/h12-16H,17-18H2,1-11H3. The fourth-order valence-corrected chi connectivity index (χ4v) is 5.24.